The lowest BCUT2D eigenvalue weighted by Crippen LogP contribution is -2.33. The summed E-state index contributed by atoms with van der Waals surface area (Å²) in [7, 11) is 2.24. The summed E-state index contributed by atoms with van der Waals surface area (Å²) >= 11 is 0. The molecule has 5 rings (SSSR count). The van der Waals surface area contributed by atoms with Crippen LogP contribution in [-0.4, -0.2) is 36.2 Å². The highest BCUT2D eigenvalue weighted by molar-refractivity contribution is 5.85. The van der Waals surface area contributed by atoms with Crippen molar-refractivity contribution in [1.82, 2.24) is 4.90 Å². The molecule has 2 aliphatic carbocycles. The molecule has 0 aromatic heterocycles. The lowest BCUT2D eigenvalue weighted by molar-refractivity contribution is 0.169. The second kappa shape index (κ2) is 4.63. The number of benzene rings is 1. The molecule has 2 aliphatic heterocycles. The van der Waals surface area contributed by atoms with Crippen LogP contribution in [0.2, 0.25) is 0 Å². The summed E-state index contributed by atoms with van der Waals surface area (Å²) in [5.41, 5.74) is 5.46. The van der Waals surface area contributed by atoms with Gasteiger partial charge < -0.3 is 14.7 Å². The van der Waals surface area contributed by atoms with Crippen molar-refractivity contribution in [2.75, 3.05) is 20.4 Å². The van der Waals surface area contributed by atoms with Crippen molar-refractivity contribution in [2.45, 2.75) is 50.0 Å². The van der Waals surface area contributed by atoms with Crippen molar-refractivity contribution in [1.29, 1.82) is 0 Å². The Kier molecular flexibility index (Phi) is 2.75. The number of ether oxygens (including phenoxy) is 2. The van der Waals surface area contributed by atoms with Gasteiger partial charge in [-0.25, -0.2) is 0 Å². The van der Waals surface area contributed by atoms with Crippen LogP contribution in [0.3, 0.4) is 0 Å². The number of hydrogen-bond donors (Lipinski definition) is 1. The molecule has 0 saturated heterocycles. The smallest absolute Gasteiger partial charge is 0.231 e. The fraction of sp³-hybridized carbons (Fsp3) is 0.611. The van der Waals surface area contributed by atoms with Crippen LogP contribution in [0, 0.1) is 0 Å². The van der Waals surface area contributed by atoms with Gasteiger partial charge in [0.25, 0.3) is 0 Å². The zero-order valence-corrected chi connectivity index (χ0v) is 13.5. The highest BCUT2D eigenvalue weighted by atomic mass is 16.7. The van der Waals surface area contributed by atoms with Crippen LogP contribution in [0.4, 0.5) is 0 Å². The minimum Gasteiger partial charge on any atom is -0.454 e. The van der Waals surface area contributed by atoms with Crippen LogP contribution in [0.1, 0.15) is 54.8 Å². The summed E-state index contributed by atoms with van der Waals surface area (Å²) in [5, 5.41) is 12.6. The Hall–Kier alpha value is -1.75. The van der Waals surface area contributed by atoms with E-state index in [2.05, 4.69) is 23.2 Å². The standard InChI is InChI=1S/C18H22N2O3/c1-20-7-4-11-8-14-17(23-10-22-14)16-15(11)13(20)9-18(16)5-2-12(19-21)3-6-18/h8,13,21H,2-7,9-10H2,1H3/t13-,18?/m1/s1. The van der Waals surface area contributed by atoms with Crippen molar-refractivity contribution in [2.24, 2.45) is 5.16 Å². The van der Waals surface area contributed by atoms with E-state index in [0.29, 0.717) is 12.8 Å². The minimum absolute atomic E-state index is 0.153. The van der Waals surface area contributed by atoms with Gasteiger partial charge in [-0.15, -0.1) is 0 Å². The number of rotatable bonds is 0. The molecule has 2 heterocycles. The molecule has 5 nitrogen and oxygen atoms in total. The fourth-order valence-electron chi connectivity index (χ4n) is 5.20. The molecule has 0 radical (unpaired) electrons. The lowest BCUT2D eigenvalue weighted by Gasteiger charge is -2.36. The first kappa shape index (κ1) is 13.7. The van der Waals surface area contributed by atoms with E-state index in [4.69, 9.17) is 14.7 Å². The number of nitrogens with zero attached hydrogens (tertiary/aromatic N) is 2. The molecular weight excluding hydrogens is 292 g/mol. The molecule has 1 N–H and O–H groups in total. The van der Waals surface area contributed by atoms with Crippen molar-refractivity contribution in [3.63, 3.8) is 0 Å². The van der Waals surface area contributed by atoms with Gasteiger partial charge in [-0.05, 0) is 62.8 Å². The first-order chi connectivity index (χ1) is 11.2. The lowest BCUT2D eigenvalue weighted by atomic mass is 9.69. The highest BCUT2D eigenvalue weighted by Crippen LogP contribution is 2.61. The quantitative estimate of drug-likeness (QED) is 0.591. The minimum atomic E-state index is 0.153. The second-order valence-corrected chi connectivity index (χ2v) is 7.46. The van der Waals surface area contributed by atoms with Gasteiger partial charge in [-0.1, -0.05) is 5.16 Å². The SMILES string of the molecule is CN1CCc2cc3c(c4c2[C@H]1CC41CCC(=NO)CC1)OCO3. The Morgan fingerprint density at radius 3 is 2.87 bits per heavy atom. The van der Waals surface area contributed by atoms with E-state index in [1.807, 2.05) is 0 Å². The zero-order valence-electron chi connectivity index (χ0n) is 13.5. The molecule has 1 aromatic rings. The van der Waals surface area contributed by atoms with Gasteiger partial charge in [0.05, 0.1) is 5.71 Å². The molecular formula is C18H22N2O3. The van der Waals surface area contributed by atoms with Crippen molar-refractivity contribution >= 4 is 5.71 Å². The maximum atomic E-state index is 9.10. The average Bonchev–Trinajstić information content (AvgIpc) is 3.16. The Labute approximate surface area is 135 Å². The van der Waals surface area contributed by atoms with E-state index in [9.17, 15) is 0 Å². The molecule has 1 aromatic carbocycles. The first-order valence-electron chi connectivity index (χ1n) is 8.58. The van der Waals surface area contributed by atoms with E-state index in [1.165, 1.54) is 16.7 Å². The number of hydrogen-bond acceptors (Lipinski definition) is 5. The Balaban J connectivity index is 1.69. The fourth-order valence-corrected chi connectivity index (χ4v) is 5.20. The predicted octanol–water partition coefficient (Wildman–Crippen LogP) is 2.99. The largest absolute Gasteiger partial charge is 0.454 e. The van der Waals surface area contributed by atoms with E-state index >= 15 is 0 Å². The Bertz CT molecular complexity index is 703. The van der Waals surface area contributed by atoms with Crippen LogP contribution in [0.15, 0.2) is 11.2 Å². The van der Waals surface area contributed by atoms with Gasteiger partial charge in [0.1, 0.15) is 0 Å². The molecule has 0 bridgehead atoms. The molecule has 0 unspecified atom stereocenters. The third kappa shape index (κ3) is 1.74. The van der Waals surface area contributed by atoms with Crippen molar-refractivity contribution < 1.29 is 14.7 Å². The highest BCUT2D eigenvalue weighted by Gasteiger charge is 2.51. The van der Waals surface area contributed by atoms with E-state index < -0.39 is 0 Å². The Morgan fingerprint density at radius 1 is 1.26 bits per heavy atom. The maximum absolute atomic E-state index is 9.10. The van der Waals surface area contributed by atoms with Crippen LogP contribution in [0.25, 0.3) is 0 Å². The molecule has 122 valence electrons. The second-order valence-electron chi connectivity index (χ2n) is 7.46. The summed E-state index contributed by atoms with van der Waals surface area (Å²) < 4.78 is 11.6. The summed E-state index contributed by atoms with van der Waals surface area (Å²) in [6.45, 7) is 1.45. The number of fused-ring (bicyclic) bond motifs is 3. The van der Waals surface area contributed by atoms with E-state index in [0.717, 1.165) is 62.3 Å². The van der Waals surface area contributed by atoms with Crippen molar-refractivity contribution in [3.05, 3.63) is 22.8 Å². The maximum Gasteiger partial charge on any atom is 0.231 e. The molecule has 1 fully saturated rings. The first-order valence-corrected chi connectivity index (χ1v) is 8.58. The van der Waals surface area contributed by atoms with Gasteiger partial charge >= 0.3 is 0 Å². The van der Waals surface area contributed by atoms with E-state index in [-0.39, 0.29) is 5.41 Å². The summed E-state index contributed by atoms with van der Waals surface area (Å²) in [4.78, 5) is 2.50. The molecule has 5 heteroatoms. The van der Waals surface area contributed by atoms with Crippen molar-refractivity contribution in [3.8, 4) is 11.5 Å². The van der Waals surface area contributed by atoms with Gasteiger partial charge in [0.15, 0.2) is 11.5 Å². The van der Waals surface area contributed by atoms with Crippen LogP contribution in [0.5, 0.6) is 11.5 Å². The number of likely N-dealkylation sites (N-methyl/N-ethyl adjacent to an activating group) is 1. The third-order valence-corrected chi connectivity index (χ3v) is 6.43. The van der Waals surface area contributed by atoms with Gasteiger partial charge in [0.2, 0.25) is 6.79 Å². The zero-order chi connectivity index (χ0) is 15.6. The monoisotopic (exact) mass is 314 g/mol. The topological polar surface area (TPSA) is 54.3 Å². The van der Waals surface area contributed by atoms with Crippen LogP contribution < -0.4 is 9.47 Å². The van der Waals surface area contributed by atoms with Crippen LogP contribution >= 0.6 is 0 Å². The molecule has 23 heavy (non-hydrogen) atoms. The molecule has 0 amide bonds. The van der Waals surface area contributed by atoms with Gasteiger partial charge in [0, 0.05) is 23.6 Å². The summed E-state index contributed by atoms with van der Waals surface area (Å²) in [5.74, 6) is 1.93. The third-order valence-electron chi connectivity index (χ3n) is 6.43. The molecule has 4 aliphatic rings. The number of oxime groups is 1. The summed E-state index contributed by atoms with van der Waals surface area (Å²) in [6, 6.07) is 2.71. The Morgan fingerprint density at radius 2 is 2.09 bits per heavy atom. The predicted molar refractivity (Wildman–Crippen MR) is 85.6 cm³/mol. The molecule has 1 saturated carbocycles. The normalized spacial score (nSPS) is 31.5. The molecule has 1 atom stereocenters. The van der Waals surface area contributed by atoms with Crippen LogP contribution in [-0.2, 0) is 11.8 Å². The molecule has 1 spiro atoms. The average molecular weight is 314 g/mol. The van der Waals surface area contributed by atoms with Gasteiger partial charge in [-0.3, -0.25) is 4.90 Å². The van der Waals surface area contributed by atoms with E-state index in [1.54, 1.807) is 0 Å². The van der Waals surface area contributed by atoms with Gasteiger partial charge in [-0.2, -0.15) is 0 Å². The summed E-state index contributed by atoms with van der Waals surface area (Å²) in [6.07, 6.45) is 6.10.